The molecule has 0 spiro atoms. The van der Waals surface area contributed by atoms with Crippen LogP contribution >= 0.6 is 0 Å². The Morgan fingerprint density at radius 2 is 1.91 bits per heavy atom. The van der Waals surface area contributed by atoms with Crippen molar-refractivity contribution in [3.05, 3.63) is 36.0 Å². The summed E-state index contributed by atoms with van der Waals surface area (Å²) < 4.78 is 33.1. The number of hydrogen-bond acceptors (Lipinski definition) is 4. The highest BCUT2D eigenvalue weighted by Crippen LogP contribution is 2.26. The highest BCUT2D eigenvalue weighted by atomic mass is 32.2. The number of para-hydroxylation sites is 1. The van der Waals surface area contributed by atoms with Gasteiger partial charge in [-0.1, -0.05) is 12.1 Å². The van der Waals surface area contributed by atoms with Crippen molar-refractivity contribution in [1.82, 2.24) is 9.29 Å². The summed E-state index contributed by atoms with van der Waals surface area (Å²) in [6.45, 7) is 6.47. The number of benzene rings is 1. The Labute approximate surface area is 131 Å². The van der Waals surface area contributed by atoms with E-state index in [2.05, 4.69) is 4.98 Å². The van der Waals surface area contributed by atoms with Crippen molar-refractivity contribution >= 4 is 20.9 Å². The van der Waals surface area contributed by atoms with Crippen LogP contribution in [-0.2, 0) is 14.8 Å². The van der Waals surface area contributed by atoms with E-state index in [1.165, 1.54) is 4.31 Å². The van der Waals surface area contributed by atoms with E-state index < -0.39 is 10.0 Å². The number of morpholine rings is 1. The largest absolute Gasteiger partial charge is 0.373 e. The molecule has 22 heavy (non-hydrogen) atoms. The van der Waals surface area contributed by atoms with E-state index in [1.54, 1.807) is 18.3 Å². The first-order chi connectivity index (χ1) is 10.4. The molecule has 1 aromatic heterocycles. The number of hydrogen-bond donors (Lipinski definition) is 0. The van der Waals surface area contributed by atoms with Crippen LogP contribution in [0.15, 0.2) is 35.4 Å². The van der Waals surface area contributed by atoms with Crippen LogP contribution in [-0.4, -0.2) is 43.0 Å². The lowest BCUT2D eigenvalue weighted by Crippen LogP contribution is -2.48. The predicted molar refractivity (Wildman–Crippen MR) is 85.2 cm³/mol. The molecule has 2 atom stereocenters. The molecule has 1 saturated heterocycles. The normalized spacial score (nSPS) is 23.8. The Hall–Kier alpha value is -1.50. The summed E-state index contributed by atoms with van der Waals surface area (Å²) in [5, 5.41) is 0.843. The minimum Gasteiger partial charge on any atom is -0.373 e. The molecule has 1 aliphatic rings. The molecule has 0 radical (unpaired) electrons. The van der Waals surface area contributed by atoms with Crippen LogP contribution < -0.4 is 0 Å². The SMILES string of the molecule is Cc1cnc2c(S(=O)(=O)N3C[C@@H](C)O[C@H](C)C3)cccc2c1. The molecule has 118 valence electrons. The van der Waals surface area contributed by atoms with Gasteiger partial charge in [-0.15, -0.1) is 0 Å². The third kappa shape index (κ3) is 2.74. The van der Waals surface area contributed by atoms with Crippen molar-refractivity contribution in [2.75, 3.05) is 13.1 Å². The molecule has 5 nitrogen and oxygen atoms in total. The number of rotatable bonds is 2. The number of sulfonamides is 1. The number of fused-ring (bicyclic) bond motifs is 1. The minimum atomic E-state index is -3.58. The van der Waals surface area contributed by atoms with E-state index in [9.17, 15) is 8.42 Å². The molecule has 2 heterocycles. The van der Waals surface area contributed by atoms with Gasteiger partial charge in [0.15, 0.2) is 0 Å². The number of nitrogens with zero attached hydrogens (tertiary/aromatic N) is 2. The molecule has 0 N–H and O–H groups in total. The van der Waals surface area contributed by atoms with Crippen LogP contribution in [0.3, 0.4) is 0 Å². The van der Waals surface area contributed by atoms with Crippen molar-refractivity contribution < 1.29 is 13.2 Å². The van der Waals surface area contributed by atoms with Gasteiger partial charge in [-0.2, -0.15) is 4.31 Å². The molecular weight excluding hydrogens is 300 g/mol. The molecule has 6 heteroatoms. The fourth-order valence-electron chi connectivity index (χ4n) is 2.92. The molecule has 0 amide bonds. The molecular formula is C16H20N2O3S. The van der Waals surface area contributed by atoms with Crippen LogP contribution in [0.2, 0.25) is 0 Å². The number of ether oxygens (including phenoxy) is 1. The van der Waals surface area contributed by atoms with Gasteiger partial charge in [-0.3, -0.25) is 4.98 Å². The van der Waals surface area contributed by atoms with E-state index in [1.807, 2.05) is 32.9 Å². The fourth-order valence-corrected chi connectivity index (χ4v) is 4.67. The van der Waals surface area contributed by atoms with Gasteiger partial charge in [-0.25, -0.2) is 8.42 Å². The van der Waals surface area contributed by atoms with Crippen molar-refractivity contribution in [2.24, 2.45) is 0 Å². The Morgan fingerprint density at radius 1 is 1.23 bits per heavy atom. The third-order valence-corrected chi connectivity index (χ3v) is 5.68. The van der Waals surface area contributed by atoms with E-state index in [4.69, 9.17) is 4.74 Å². The summed E-state index contributed by atoms with van der Waals surface area (Å²) >= 11 is 0. The molecule has 3 rings (SSSR count). The molecule has 2 aromatic rings. The Kier molecular flexibility index (Phi) is 3.92. The van der Waals surface area contributed by atoms with Gasteiger partial charge in [0.2, 0.25) is 10.0 Å². The first-order valence-corrected chi connectivity index (χ1v) is 8.83. The van der Waals surface area contributed by atoms with E-state index in [0.717, 1.165) is 10.9 Å². The van der Waals surface area contributed by atoms with Gasteiger partial charge >= 0.3 is 0 Å². The summed E-state index contributed by atoms with van der Waals surface area (Å²) in [7, 11) is -3.58. The van der Waals surface area contributed by atoms with Gasteiger partial charge in [0.05, 0.1) is 17.7 Å². The smallest absolute Gasteiger partial charge is 0.245 e. The quantitative estimate of drug-likeness (QED) is 0.852. The van der Waals surface area contributed by atoms with E-state index in [-0.39, 0.29) is 17.1 Å². The van der Waals surface area contributed by atoms with Gasteiger partial charge in [0, 0.05) is 24.7 Å². The third-order valence-electron chi connectivity index (χ3n) is 3.81. The number of aromatic nitrogens is 1. The summed E-state index contributed by atoms with van der Waals surface area (Å²) in [4.78, 5) is 4.61. The van der Waals surface area contributed by atoms with E-state index >= 15 is 0 Å². The van der Waals surface area contributed by atoms with Crippen LogP contribution in [0.4, 0.5) is 0 Å². The Balaban J connectivity index is 2.09. The zero-order valence-corrected chi connectivity index (χ0v) is 13.8. The van der Waals surface area contributed by atoms with Gasteiger partial charge in [-0.05, 0) is 38.5 Å². The fraction of sp³-hybridized carbons (Fsp3) is 0.438. The molecule has 0 unspecified atom stereocenters. The second kappa shape index (κ2) is 5.61. The lowest BCUT2D eigenvalue weighted by atomic mass is 10.2. The standard InChI is InChI=1S/C16H20N2O3S/c1-11-7-14-5-4-6-15(16(14)17-8-11)22(19,20)18-9-12(2)21-13(3)10-18/h4-8,12-13H,9-10H2,1-3H3/t12-,13-/m1/s1. The molecule has 1 aliphatic heterocycles. The van der Waals surface area contributed by atoms with Crippen LogP contribution in [0, 0.1) is 6.92 Å². The van der Waals surface area contributed by atoms with Crippen molar-refractivity contribution in [2.45, 2.75) is 37.9 Å². The monoisotopic (exact) mass is 320 g/mol. The summed E-state index contributed by atoms with van der Waals surface area (Å²) in [6, 6.07) is 7.24. The van der Waals surface area contributed by atoms with Crippen molar-refractivity contribution in [3.8, 4) is 0 Å². The number of pyridine rings is 1. The average molecular weight is 320 g/mol. The van der Waals surface area contributed by atoms with Gasteiger partial charge in [0.1, 0.15) is 4.90 Å². The predicted octanol–water partition coefficient (Wildman–Crippen LogP) is 2.34. The highest BCUT2D eigenvalue weighted by molar-refractivity contribution is 7.89. The summed E-state index contributed by atoms with van der Waals surface area (Å²) in [5.41, 5.74) is 1.54. The van der Waals surface area contributed by atoms with Gasteiger partial charge in [0.25, 0.3) is 0 Å². The molecule has 0 saturated carbocycles. The summed E-state index contributed by atoms with van der Waals surface area (Å²) in [5.74, 6) is 0. The minimum absolute atomic E-state index is 0.108. The Bertz CT molecular complexity index is 794. The maximum atomic E-state index is 13.0. The topological polar surface area (TPSA) is 59.5 Å². The zero-order valence-electron chi connectivity index (χ0n) is 13.0. The van der Waals surface area contributed by atoms with Crippen LogP contribution in [0.25, 0.3) is 10.9 Å². The Morgan fingerprint density at radius 3 is 2.59 bits per heavy atom. The second-order valence-electron chi connectivity index (χ2n) is 5.92. The highest BCUT2D eigenvalue weighted by Gasteiger charge is 2.33. The van der Waals surface area contributed by atoms with Crippen LogP contribution in [0.1, 0.15) is 19.4 Å². The average Bonchev–Trinajstić information content (AvgIpc) is 2.45. The second-order valence-corrected chi connectivity index (χ2v) is 7.83. The molecule has 0 aliphatic carbocycles. The lowest BCUT2D eigenvalue weighted by Gasteiger charge is -2.34. The first-order valence-electron chi connectivity index (χ1n) is 7.39. The summed E-state index contributed by atoms with van der Waals surface area (Å²) in [6.07, 6.45) is 1.48. The van der Waals surface area contributed by atoms with Crippen molar-refractivity contribution in [1.29, 1.82) is 0 Å². The van der Waals surface area contributed by atoms with E-state index in [0.29, 0.717) is 18.6 Å². The van der Waals surface area contributed by atoms with Crippen molar-refractivity contribution in [3.63, 3.8) is 0 Å². The molecule has 0 bridgehead atoms. The maximum absolute atomic E-state index is 13.0. The lowest BCUT2D eigenvalue weighted by molar-refractivity contribution is -0.0440. The van der Waals surface area contributed by atoms with Crippen LogP contribution in [0.5, 0.6) is 0 Å². The zero-order chi connectivity index (χ0) is 15.9. The first kappa shape index (κ1) is 15.4. The maximum Gasteiger partial charge on any atom is 0.245 e. The number of aryl methyl sites for hydroxylation is 1. The molecule has 1 fully saturated rings. The van der Waals surface area contributed by atoms with Gasteiger partial charge < -0.3 is 4.74 Å². The molecule has 1 aromatic carbocycles.